The highest BCUT2D eigenvalue weighted by atomic mass is 16.3. The second-order valence-corrected chi connectivity index (χ2v) is 3.47. The lowest BCUT2D eigenvalue weighted by Gasteiger charge is -2.03. The molecule has 0 aromatic heterocycles. The molecule has 0 bridgehead atoms. The Balaban J connectivity index is 2.50. The van der Waals surface area contributed by atoms with Gasteiger partial charge in [-0.1, -0.05) is 24.3 Å². The molecule has 1 aromatic carbocycles. The van der Waals surface area contributed by atoms with Crippen LogP contribution in [0, 0.1) is 0 Å². The lowest BCUT2D eigenvalue weighted by molar-refractivity contribution is 0.288. The minimum Gasteiger partial charge on any atom is -0.396 e. The van der Waals surface area contributed by atoms with Crippen molar-refractivity contribution >= 4 is 0 Å². The largest absolute Gasteiger partial charge is 0.396 e. The van der Waals surface area contributed by atoms with Crippen molar-refractivity contribution in [2.24, 2.45) is 0 Å². The Bertz CT molecular complexity index is 235. The molecule has 0 spiro atoms. The van der Waals surface area contributed by atoms with E-state index in [-0.39, 0.29) is 13.2 Å². The molecule has 0 radical (unpaired) electrons. The molecule has 2 heteroatoms. The Morgan fingerprint density at radius 1 is 0.857 bits per heavy atom. The van der Waals surface area contributed by atoms with Gasteiger partial charge in [0.1, 0.15) is 0 Å². The fourth-order valence-electron chi connectivity index (χ4n) is 1.51. The number of hydrogen-bond donors (Lipinski definition) is 2. The molecule has 0 fully saturated rings. The van der Waals surface area contributed by atoms with Gasteiger partial charge in [0.2, 0.25) is 0 Å². The van der Waals surface area contributed by atoms with Gasteiger partial charge in [-0.15, -0.1) is 0 Å². The molecule has 14 heavy (non-hydrogen) atoms. The maximum atomic E-state index is 8.71. The quantitative estimate of drug-likeness (QED) is 0.721. The first-order valence-corrected chi connectivity index (χ1v) is 5.16. The third kappa shape index (κ3) is 3.90. The summed E-state index contributed by atoms with van der Waals surface area (Å²) in [5.74, 6) is 0. The highest BCUT2D eigenvalue weighted by molar-refractivity contribution is 5.23. The van der Waals surface area contributed by atoms with Crippen LogP contribution >= 0.6 is 0 Å². The van der Waals surface area contributed by atoms with Crippen molar-refractivity contribution < 1.29 is 10.2 Å². The molecule has 1 rings (SSSR count). The van der Waals surface area contributed by atoms with Gasteiger partial charge >= 0.3 is 0 Å². The average Bonchev–Trinajstić information content (AvgIpc) is 2.24. The van der Waals surface area contributed by atoms with E-state index < -0.39 is 0 Å². The van der Waals surface area contributed by atoms with Gasteiger partial charge in [-0.3, -0.25) is 0 Å². The summed E-state index contributed by atoms with van der Waals surface area (Å²) in [4.78, 5) is 0. The normalized spacial score (nSPS) is 10.4. The molecule has 0 heterocycles. The van der Waals surface area contributed by atoms with E-state index in [1.54, 1.807) is 0 Å². The van der Waals surface area contributed by atoms with Gasteiger partial charge in [0, 0.05) is 13.2 Å². The SMILES string of the molecule is OCCCc1cccc(CCCO)c1. The van der Waals surface area contributed by atoms with Crippen LogP contribution in [0.15, 0.2) is 24.3 Å². The fourth-order valence-corrected chi connectivity index (χ4v) is 1.51. The van der Waals surface area contributed by atoms with Crippen molar-refractivity contribution in [1.82, 2.24) is 0 Å². The van der Waals surface area contributed by atoms with Gasteiger partial charge in [-0.05, 0) is 36.8 Å². The van der Waals surface area contributed by atoms with Gasteiger partial charge in [0.05, 0.1) is 0 Å². The summed E-state index contributed by atoms with van der Waals surface area (Å²) in [5, 5.41) is 17.4. The van der Waals surface area contributed by atoms with E-state index in [9.17, 15) is 0 Å². The summed E-state index contributed by atoms with van der Waals surface area (Å²) in [5.41, 5.74) is 2.55. The molecule has 0 unspecified atom stereocenters. The monoisotopic (exact) mass is 194 g/mol. The number of hydrogen-bond acceptors (Lipinski definition) is 2. The van der Waals surface area contributed by atoms with Crippen molar-refractivity contribution in [2.45, 2.75) is 25.7 Å². The number of aliphatic hydroxyl groups is 2. The number of aliphatic hydroxyl groups excluding tert-OH is 2. The van der Waals surface area contributed by atoms with Crippen LogP contribution in [0.3, 0.4) is 0 Å². The van der Waals surface area contributed by atoms with Crippen LogP contribution in [-0.2, 0) is 12.8 Å². The summed E-state index contributed by atoms with van der Waals surface area (Å²) in [7, 11) is 0. The van der Waals surface area contributed by atoms with Crippen molar-refractivity contribution in [3.05, 3.63) is 35.4 Å². The molecule has 0 amide bonds. The molecule has 0 aliphatic carbocycles. The van der Waals surface area contributed by atoms with Gasteiger partial charge in [0.25, 0.3) is 0 Å². The van der Waals surface area contributed by atoms with Crippen LogP contribution in [0.5, 0.6) is 0 Å². The lowest BCUT2D eigenvalue weighted by Crippen LogP contribution is -1.93. The molecule has 0 saturated heterocycles. The van der Waals surface area contributed by atoms with E-state index in [1.165, 1.54) is 11.1 Å². The Labute approximate surface area is 85.2 Å². The molecule has 0 aliphatic rings. The van der Waals surface area contributed by atoms with Crippen LogP contribution < -0.4 is 0 Å². The molecule has 78 valence electrons. The molecular weight excluding hydrogens is 176 g/mol. The topological polar surface area (TPSA) is 40.5 Å². The van der Waals surface area contributed by atoms with Crippen LogP contribution in [-0.4, -0.2) is 23.4 Å². The van der Waals surface area contributed by atoms with E-state index in [4.69, 9.17) is 10.2 Å². The third-order valence-electron chi connectivity index (χ3n) is 2.24. The van der Waals surface area contributed by atoms with E-state index >= 15 is 0 Å². The Morgan fingerprint density at radius 2 is 1.36 bits per heavy atom. The maximum Gasteiger partial charge on any atom is 0.0434 e. The standard InChI is InChI=1S/C12H18O2/c13-8-2-6-11-4-1-5-12(10-11)7-3-9-14/h1,4-5,10,13-14H,2-3,6-9H2. The summed E-state index contributed by atoms with van der Waals surface area (Å²) in [6, 6.07) is 8.36. The molecule has 1 aromatic rings. The molecule has 0 saturated carbocycles. The molecular formula is C12H18O2. The van der Waals surface area contributed by atoms with Crippen molar-refractivity contribution in [2.75, 3.05) is 13.2 Å². The second-order valence-electron chi connectivity index (χ2n) is 3.47. The van der Waals surface area contributed by atoms with E-state index in [1.807, 2.05) is 6.07 Å². The van der Waals surface area contributed by atoms with E-state index in [2.05, 4.69) is 18.2 Å². The lowest BCUT2D eigenvalue weighted by atomic mass is 10.0. The third-order valence-corrected chi connectivity index (χ3v) is 2.24. The van der Waals surface area contributed by atoms with Gasteiger partial charge in [-0.2, -0.15) is 0 Å². The Kier molecular flexibility index (Phi) is 5.27. The van der Waals surface area contributed by atoms with Crippen LogP contribution in [0.25, 0.3) is 0 Å². The van der Waals surface area contributed by atoms with Crippen LogP contribution in [0.2, 0.25) is 0 Å². The zero-order chi connectivity index (χ0) is 10.2. The van der Waals surface area contributed by atoms with Gasteiger partial charge in [0.15, 0.2) is 0 Å². The first-order chi connectivity index (χ1) is 6.86. The first-order valence-electron chi connectivity index (χ1n) is 5.16. The minimum absolute atomic E-state index is 0.251. The Morgan fingerprint density at radius 3 is 1.79 bits per heavy atom. The van der Waals surface area contributed by atoms with Gasteiger partial charge in [-0.25, -0.2) is 0 Å². The number of aryl methyl sites for hydroxylation is 2. The minimum atomic E-state index is 0.251. The zero-order valence-corrected chi connectivity index (χ0v) is 8.45. The number of benzene rings is 1. The van der Waals surface area contributed by atoms with E-state index in [0.29, 0.717) is 0 Å². The van der Waals surface area contributed by atoms with E-state index in [0.717, 1.165) is 25.7 Å². The predicted octanol–water partition coefficient (Wildman–Crippen LogP) is 1.54. The molecule has 2 nitrogen and oxygen atoms in total. The highest BCUT2D eigenvalue weighted by Crippen LogP contribution is 2.09. The van der Waals surface area contributed by atoms with Crippen LogP contribution in [0.1, 0.15) is 24.0 Å². The second kappa shape index (κ2) is 6.57. The predicted molar refractivity (Wildman–Crippen MR) is 57.3 cm³/mol. The molecule has 0 atom stereocenters. The first kappa shape index (κ1) is 11.2. The van der Waals surface area contributed by atoms with Gasteiger partial charge < -0.3 is 10.2 Å². The summed E-state index contributed by atoms with van der Waals surface area (Å²) < 4.78 is 0. The smallest absolute Gasteiger partial charge is 0.0434 e. The average molecular weight is 194 g/mol. The molecule has 2 N–H and O–H groups in total. The molecule has 0 aliphatic heterocycles. The summed E-state index contributed by atoms with van der Waals surface area (Å²) in [6.45, 7) is 0.502. The maximum absolute atomic E-state index is 8.71. The zero-order valence-electron chi connectivity index (χ0n) is 8.45. The highest BCUT2D eigenvalue weighted by Gasteiger charge is 1.96. The summed E-state index contributed by atoms with van der Waals surface area (Å²) in [6.07, 6.45) is 3.51. The van der Waals surface area contributed by atoms with Crippen LogP contribution in [0.4, 0.5) is 0 Å². The van der Waals surface area contributed by atoms with Crippen molar-refractivity contribution in [3.63, 3.8) is 0 Å². The fraction of sp³-hybridized carbons (Fsp3) is 0.500. The van der Waals surface area contributed by atoms with Crippen molar-refractivity contribution in [3.8, 4) is 0 Å². The Hall–Kier alpha value is -0.860. The summed E-state index contributed by atoms with van der Waals surface area (Å²) >= 11 is 0. The number of rotatable bonds is 6. The van der Waals surface area contributed by atoms with Crippen molar-refractivity contribution in [1.29, 1.82) is 0 Å².